The molecule has 0 saturated carbocycles. The fraction of sp³-hybridized carbons (Fsp3) is 0.625. The summed E-state index contributed by atoms with van der Waals surface area (Å²) in [6.07, 6.45) is 3.15. The molecule has 0 amide bonds. The topological polar surface area (TPSA) is 29.3 Å². The van der Waals surface area contributed by atoms with Gasteiger partial charge in [0, 0.05) is 24.8 Å². The molecule has 0 aliphatic rings. The molecule has 0 radical (unpaired) electrons. The molecular formula is C16H28N2. The maximum atomic E-state index is 6.11. The van der Waals surface area contributed by atoms with Crippen molar-refractivity contribution in [1.82, 2.24) is 0 Å². The lowest BCUT2D eigenvalue weighted by Gasteiger charge is -2.29. The molecular weight excluding hydrogens is 220 g/mol. The molecule has 0 aromatic heterocycles. The van der Waals surface area contributed by atoms with Crippen LogP contribution >= 0.6 is 0 Å². The summed E-state index contributed by atoms with van der Waals surface area (Å²) in [5.41, 5.74) is 10.1. The summed E-state index contributed by atoms with van der Waals surface area (Å²) in [4.78, 5) is 2.37. The van der Waals surface area contributed by atoms with E-state index in [4.69, 9.17) is 5.73 Å². The van der Waals surface area contributed by atoms with E-state index in [2.05, 4.69) is 57.8 Å². The molecule has 2 atom stereocenters. The van der Waals surface area contributed by atoms with Crippen LogP contribution in [-0.4, -0.2) is 19.1 Å². The Morgan fingerprint density at radius 1 is 1.22 bits per heavy atom. The molecule has 0 saturated heterocycles. The molecule has 2 nitrogen and oxygen atoms in total. The van der Waals surface area contributed by atoms with Gasteiger partial charge in [0.2, 0.25) is 0 Å². The lowest BCUT2D eigenvalue weighted by molar-refractivity contribution is 0.633. The largest absolute Gasteiger partial charge is 0.372 e. The predicted octanol–water partition coefficient (Wildman–Crippen LogP) is 3.51. The third kappa shape index (κ3) is 3.74. The Morgan fingerprint density at radius 2 is 1.89 bits per heavy atom. The Hall–Kier alpha value is -1.02. The molecule has 1 rings (SSSR count). The van der Waals surface area contributed by atoms with Gasteiger partial charge in [-0.15, -0.1) is 0 Å². The fourth-order valence-corrected chi connectivity index (χ4v) is 2.16. The molecule has 2 unspecified atom stereocenters. The minimum Gasteiger partial charge on any atom is -0.372 e. The lowest BCUT2D eigenvalue weighted by Crippen LogP contribution is -2.30. The van der Waals surface area contributed by atoms with Gasteiger partial charge in [-0.1, -0.05) is 31.5 Å². The molecule has 0 aliphatic carbocycles. The molecule has 102 valence electrons. The van der Waals surface area contributed by atoms with Crippen LogP contribution in [0, 0.1) is 6.92 Å². The van der Waals surface area contributed by atoms with Crippen LogP contribution in [0.4, 0.5) is 5.69 Å². The van der Waals surface area contributed by atoms with E-state index in [1.807, 2.05) is 0 Å². The minimum absolute atomic E-state index is 0.260. The van der Waals surface area contributed by atoms with Crippen molar-refractivity contribution in [2.75, 3.05) is 11.9 Å². The van der Waals surface area contributed by atoms with Gasteiger partial charge in [0.15, 0.2) is 0 Å². The molecule has 2 N–H and O–H groups in total. The van der Waals surface area contributed by atoms with Gasteiger partial charge in [-0.2, -0.15) is 0 Å². The van der Waals surface area contributed by atoms with Crippen molar-refractivity contribution < 1.29 is 0 Å². The van der Waals surface area contributed by atoms with Gasteiger partial charge in [0.1, 0.15) is 0 Å². The zero-order chi connectivity index (χ0) is 13.7. The predicted molar refractivity (Wildman–Crippen MR) is 81.3 cm³/mol. The normalized spacial score (nSPS) is 14.3. The monoisotopic (exact) mass is 248 g/mol. The summed E-state index contributed by atoms with van der Waals surface area (Å²) in [5, 5.41) is 0. The Morgan fingerprint density at radius 3 is 2.44 bits per heavy atom. The fourth-order valence-electron chi connectivity index (χ4n) is 2.16. The van der Waals surface area contributed by atoms with Gasteiger partial charge in [0.05, 0.1) is 0 Å². The molecule has 0 bridgehead atoms. The van der Waals surface area contributed by atoms with Crippen LogP contribution in [0.1, 0.15) is 44.7 Å². The molecule has 1 aromatic rings. The van der Waals surface area contributed by atoms with Crippen molar-refractivity contribution in [2.24, 2.45) is 5.73 Å². The van der Waals surface area contributed by atoms with E-state index in [0.29, 0.717) is 6.04 Å². The number of anilines is 1. The van der Waals surface area contributed by atoms with Gasteiger partial charge >= 0.3 is 0 Å². The van der Waals surface area contributed by atoms with E-state index in [1.54, 1.807) is 0 Å². The molecule has 2 heteroatoms. The molecule has 0 fully saturated rings. The van der Waals surface area contributed by atoms with Gasteiger partial charge in [-0.3, -0.25) is 0 Å². The van der Waals surface area contributed by atoms with E-state index in [9.17, 15) is 0 Å². The van der Waals surface area contributed by atoms with Crippen LogP contribution in [0.25, 0.3) is 0 Å². The van der Waals surface area contributed by atoms with Crippen molar-refractivity contribution in [3.63, 3.8) is 0 Å². The van der Waals surface area contributed by atoms with E-state index >= 15 is 0 Å². The Bertz CT molecular complexity index is 373. The zero-order valence-corrected chi connectivity index (χ0v) is 12.5. The number of nitrogens with two attached hydrogens (primary N) is 1. The van der Waals surface area contributed by atoms with E-state index in [-0.39, 0.29) is 6.04 Å². The van der Waals surface area contributed by atoms with Crippen LogP contribution < -0.4 is 10.6 Å². The first kappa shape index (κ1) is 15.0. The molecule has 18 heavy (non-hydrogen) atoms. The third-order valence-electron chi connectivity index (χ3n) is 3.87. The standard InChI is InChI=1S/C16H28N2/c1-6-13(4)18(5)16-9-8-12(3)10-14(16)11-15(17)7-2/h8-10,13,15H,6-7,11,17H2,1-5H3. The SMILES string of the molecule is CCC(N)Cc1cc(C)ccc1N(C)C(C)CC. The van der Waals surface area contributed by atoms with Gasteiger partial charge < -0.3 is 10.6 Å². The first-order chi connectivity index (χ1) is 8.49. The number of nitrogens with zero attached hydrogens (tertiary/aromatic N) is 1. The van der Waals surface area contributed by atoms with Crippen molar-refractivity contribution in [2.45, 2.75) is 59.0 Å². The van der Waals surface area contributed by atoms with E-state index in [0.717, 1.165) is 19.3 Å². The number of hydrogen-bond acceptors (Lipinski definition) is 2. The van der Waals surface area contributed by atoms with Gasteiger partial charge in [-0.25, -0.2) is 0 Å². The minimum atomic E-state index is 0.260. The van der Waals surface area contributed by atoms with Crippen LogP contribution in [-0.2, 0) is 6.42 Å². The maximum Gasteiger partial charge on any atom is 0.0399 e. The van der Waals surface area contributed by atoms with Gasteiger partial charge in [0.25, 0.3) is 0 Å². The number of hydrogen-bond donors (Lipinski definition) is 1. The van der Waals surface area contributed by atoms with Crippen molar-refractivity contribution >= 4 is 5.69 Å². The second-order valence-electron chi connectivity index (χ2n) is 5.37. The summed E-state index contributed by atoms with van der Waals surface area (Å²) in [6, 6.07) is 7.53. The number of benzene rings is 1. The Kier molecular flexibility index (Phi) is 5.67. The molecule has 1 aromatic carbocycles. The highest BCUT2D eigenvalue weighted by molar-refractivity contribution is 5.55. The van der Waals surface area contributed by atoms with Crippen LogP contribution in [0.2, 0.25) is 0 Å². The maximum absolute atomic E-state index is 6.11. The first-order valence-electron chi connectivity index (χ1n) is 7.07. The van der Waals surface area contributed by atoms with Crippen LogP contribution in [0.3, 0.4) is 0 Å². The lowest BCUT2D eigenvalue weighted by atomic mass is 9.99. The zero-order valence-electron chi connectivity index (χ0n) is 12.5. The Balaban J connectivity index is 3.02. The van der Waals surface area contributed by atoms with Crippen LogP contribution in [0.5, 0.6) is 0 Å². The second kappa shape index (κ2) is 6.79. The smallest absolute Gasteiger partial charge is 0.0399 e. The highest BCUT2D eigenvalue weighted by Gasteiger charge is 2.13. The van der Waals surface area contributed by atoms with Gasteiger partial charge in [-0.05, 0) is 44.7 Å². The summed E-state index contributed by atoms with van der Waals surface area (Å²) in [6.45, 7) is 8.79. The number of rotatable bonds is 6. The van der Waals surface area contributed by atoms with Crippen molar-refractivity contribution in [1.29, 1.82) is 0 Å². The van der Waals surface area contributed by atoms with E-state index < -0.39 is 0 Å². The summed E-state index contributed by atoms with van der Waals surface area (Å²) in [5.74, 6) is 0. The summed E-state index contributed by atoms with van der Waals surface area (Å²) < 4.78 is 0. The van der Waals surface area contributed by atoms with Crippen molar-refractivity contribution in [3.8, 4) is 0 Å². The average molecular weight is 248 g/mol. The summed E-state index contributed by atoms with van der Waals surface area (Å²) >= 11 is 0. The first-order valence-corrected chi connectivity index (χ1v) is 7.07. The second-order valence-corrected chi connectivity index (χ2v) is 5.37. The molecule has 0 heterocycles. The highest BCUT2D eigenvalue weighted by atomic mass is 15.1. The van der Waals surface area contributed by atoms with Crippen LogP contribution in [0.15, 0.2) is 18.2 Å². The van der Waals surface area contributed by atoms with E-state index in [1.165, 1.54) is 16.8 Å². The highest BCUT2D eigenvalue weighted by Crippen LogP contribution is 2.25. The molecule has 0 aliphatic heterocycles. The Labute approximate surface area is 112 Å². The third-order valence-corrected chi connectivity index (χ3v) is 3.87. The average Bonchev–Trinajstić information content (AvgIpc) is 2.37. The quantitative estimate of drug-likeness (QED) is 0.834. The number of aryl methyl sites for hydroxylation is 1. The van der Waals surface area contributed by atoms with Crippen molar-refractivity contribution in [3.05, 3.63) is 29.3 Å². The summed E-state index contributed by atoms with van der Waals surface area (Å²) in [7, 11) is 2.18. The molecule has 0 spiro atoms.